The quantitative estimate of drug-likeness (QED) is 0.665. The molecule has 2 heterocycles. The molecule has 2 aromatic rings. The number of nitrogens with zero attached hydrogens (tertiary/aromatic N) is 3. The van der Waals surface area contributed by atoms with Gasteiger partial charge in [-0.2, -0.15) is 0 Å². The number of carbonyl (C=O) groups is 1. The van der Waals surface area contributed by atoms with Crippen molar-refractivity contribution in [2.45, 2.75) is 0 Å². The van der Waals surface area contributed by atoms with E-state index in [1.807, 2.05) is 0 Å². The summed E-state index contributed by atoms with van der Waals surface area (Å²) in [5, 5.41) is 0.252. The Morgan fingerprint density at radius 1 is 1.57 bits per heavy atom. The molecule has 0 bridgehead atoms. The van der Waals surface area contributed by atoms with Crippen LogP contribution in [0.3, 0.4) is 0 Å². The van der Waals surface area contributed by atoms with Crippen LogP contribution in [0, 0.1) is 0 Å². The first-order chi connectivity index (χ1) is 6.74. The average Bonchev–Trinajstić information content (AvgIpc) is 2.62. The Morgan fingerprint density at radius 3 is 3.07 bits per heavy atom. The number of ether oxygens (including phenoxy) is 1. The van der Waals surface area contributed by atoms with Gasteiger partial charge >= 0.3 is 5.97 Å². The van der Waals surface area contributed by atoms with Crippen molar-refractivity contribution >= 4 is 23.2 Å². The molecule has 0 saturated heterocycles. The molecule has 72 valence electrons. The highest BCUT2D eigenvalue weighted by Crippen LogP contribution is 2.14. The summed E-state index contributed by atoms with van der Waals surface area (Å²) in [6.45, 7) is 0. The van der Waals surface area contributed by atoms with E-state index in [0.717, 1.165) is 0 Å². The van der Waals surface area contributed by atoms with Gasteiger partial charge in [-0.15, -0.1) is 0 Å². The molecule has 0 radical (unpaired) electrons. The van der Waals surface area contributed by atoms with Crippen molar-refractivity contribution in [2.24, 2.45) is 0 Å². The first-order valence-corrected chi connectivity index (χ1v) is 4.17. The first kappa shape index (κ1) is 8.96. The Bertz CT molecular complexity index is 494. The van der Waals surface area contributed by atoms with E-state index < -0.39 is 5.97 Å². The second kappa shape index (κ2) is 3.26. The van der Waals surface area contributed by atoms with Gasteiger partial charge in [0.05, 0.1) is 13.3 Å². The highest BCUT2D eigenvalue weighted by Gasteiger charge is 2.13. The largest absolute Gasteiger partial charge is 0.464 e. The molecule has 2 aromatic heterocycles. The van der Waals surface area contributed by atoms with Gasteiger partial charge in [0.25, 0.3) is 0 Å². The van der Waals surface area contributed by atoms with E-state index in [2.05, 4.69) is 14.7 Å². The Morgan fingerprint density at radius 2 is 2.36 bits per heavy atom. The van der Waals surface area contributed by atoms with Crippen LogP contribution in [0.2, 0.25) is 5.15 Å². The summed E-state index contributed by atoms with van der Waals surface area (Å²) in [4.78, 5) is 19.0. The summed E-state index contributed by atoms with van der Waals surface area (Å²) in [5.41, 5.74) is 0.765. The highest BCUT2D eigenvalue weighted by molar-refractivity contribution is 6.32. The van der Waals surface area contributed by atoms with Crippen molar-refractivity contribution in [3.05, 3.63) is 29.4 Å². The number of hydrogen-bond donors (Lipinski definition) is 0. The minimum atomic E-state index is -0.459. The SMILES string of the molecule is COC(=O)c1cnc2c(Cl)nccn12. The monoisotopic (exact) mass is 211 g/mol. The van der Waals surface area contributed by atoms with Gasteiger partial charge < -0.3 is 4.74 Å². The average molecular weight is 212 g/mol. The fourth-order valence-corrected chi connectivity index (χ4v) is 1.34. The Labute approximate surface area is 84.3 Å². The second-order valence-corrected chi connectivity index (χ2v) is 2.90. The molecule has 0 aliphatic rings. The zero-order chi connectivity index (χ0) is 10.1. The predicted octanol–water partition coefficient (Wildman–Crippen LogP) is 1.17. The molecule has 0 spiro atoms. The third-order valence-corrected chi connectivity index (χ3v) is 2.05. The molecule has 0 unspecified atom stereocenters. The number of esters is 1. The number of halogens is 1. The number of fused-ring (bicyclic) bond motifs is 1. The molecular formula is C8H6ClN3O2. The van der Waals surface area contributed by atoms with Crippen molar-refractivity contribution < 1.29 is 9.53 Å². The third kappa shape index (κ3) is 1.22. The molecule has 0 saturated carbocycles. The maximum absolute atomic E-state index is 11.3. The van der Waals surface area contributed by atoms with Crippen molar-refractivity contribution in [3.63, 3.8) is 0 Å². The van der Waals surface area contributed by atoms with E-state index in [4.69, 9.17) is 11.6 Å². The number of imidazole rings is 1. The number of carbonyl (C=O) groups excluding carboxylic acids is 1. The van der Waals surface area contributed by atoms with Crippen LogP contribution < -0.4 is 0 Å². The molecule has 5 nitrogen and oxygen atoms in total. The molecule has 0 N–H and O–H groups in total. The van der Waals surface area contributed by atoms with Gasteiger partial charge in [0.15, 0.2) is 16.5 Å². The van der Waals surface area contributed by atoms with Gasteiger partial charge in [0.1, 0.15) is 0 Å². The van der Waals surface area contributed by atoms with Crippen LogP contribution in [0.5, 0.6) is 0 Å². The molecule has 0 aliphatic heterocycles. The van der Waals surface area contributed by atoms with Crippen molar-refractivity contribution in [1.82, 2.24) is 14.4 Å². The normalized spacial score (nSPS) is 10.4. The smallest absolute Gasteiger partial charge is 0.356 e. The van der Waals surface area contributed by atoms with Gasteiger partial charge in [-0.25, -0.2) is 14.8 Å². The molecule has 0 aromatic carbocycles. The Hall–Kier alpha value is -1.62. The number of rotatable bonds is 1. The van der Waals surface area contributed by atoms with Gasteiger partial charge in [0.2, 0.25) is 0 Å². The molecule has 0 amide bonds. The van der Waals surface area contributed by atoms with E-state index in [1.165, 1.54) is 23.9 Å². The minimum absolute atomic E-state index is 0.252. The van der Waals surface area contributed by atoms with Gasteiger partial charge in [0, 0.05) is 12.4 Å². The Kier molecular flexibility index (Phi) is 2.09. The molecule has 0 atom stereocenters. The molecular weight excluding hydrogens is 206 g/mol. The van der Waals surface area contributed by atoms with Gasteiger partial charge in [-0.3, -0.25) is 4.40 Å². The lowest BCUT2D eigenvalue weighted by atomic mass is 10.5. The topological polar surface area (TPSA) is 56.5 Å². The van der Waals surface area contributed by atoms with Crippen LogP contribution in [-0.2, 0) is 4.74 Å². The van der Waals surface area contributed by atoms with Crippen LogP contribution in [0.4, 0.5) is 0 Å². The zero-order valence-electron chi connectivity index (χ0n) is 7.27. The molecule has 0 fully saturated rings. The standard InChI is InChI=1S/C8H6ClN3O2/c1-14-8(13)5-4-11-7-6(9)10-2-3-12(5)7/h2-4H,1H3. The lowest BCUT2D eigenvalue weighted by molar-refractivity contribution is 0.0593. The van der Waals surface area contributed by atoms with E-state index in [9.17, 15) is 4.79 Å². The van der Waals surface area contributed by atoms with Crippen LogP contribution in [0.15, 0.2) is 18.6 Å². The van der Waals surface area contributed by atoms with E-state index in [0.29, 0.717) is 11.3 Å². The van der Waals surface area contributed by atoms with Crippen LogP contribution >= 0.6 is 11.6 Å². The Balaban J connectivity index is 2.70. The van der Waals surface area contributed by atoms with E-state index in [1.54, 1.807) is 6.20 Å². The minimum Gasteiger partial charge on any atom is -0.464 e. The third-order valence-electron chi connectivity index (χ3n) is 1.78. The molecule has 2 rings (SSSR count). The summed E-state index contributed by atoms with van der Waals surface area (Å²) in [7, 11) is 1.31. The maximum atomic E-state index is 11.3. The molecule has 6 heteroatoms. The van der Waals surface area contributed by atoms with E-state index in [-0.39, 0.29) is 5.15 Å². The predicted molar refractivity (Wildman–Crippen MR) is 49.3 cm³/mol. The van der Waals surface area contributed by atoms with Crippen LogP contribution in [-0.4, -0.2) is 27.4 Å². The fourth-order valence-electron chi connectivity index (χ4n) is 1.14. The van der Waals surface area contributed by atoms with Crippen LogP contribution in [0.25, 0.3) is 5.65 Å². The highest BCUT2D eigenvalue weighted by atomic mass is 35.5. The number of methoxy groups -OCH3 is 1. The number of hydrogen-bond acceptors (Lipinski definition) is 4. The van der Waals surface area contributed by atoms with Crippen molar-refractivity contribution in [2.75, 3.05) is 7.11 Å². The number of aromatic nitrogens is 3. The van der Waals surface area contributed by atoms with Crippen LogP contribution in [0.1, 0.15) is 10.5 Å². The van der Waals surface area contributed by atoms with E-state index >= 15 is 0 Å². The summed E-state index contributed by atoms with van der Waals surface area (Å²) < 4.78 is 6.11. The van der Waals surface area contributed by atoms with Crippen molar-refractivity contribution in [3.8, 4) is 0 Å². The van der Waals surface area contributed by atoms with Gasteiger partial charge in [-0.05, 0) is 0 Å². The lowest BCUT2D eigenvalue weighted by Gasteiger charge is -1.98. The van der Waals surface area contributed by atoms with Gasteiger partial charge in [-0.1, -0.05) is 11.6 Å². The van der Waals surface area contributed by atoms with Crippen molar-refractivity contribution in [1.29, 1.82) is 0 Å². The second-order valence-electron chi connectivity index (χ2n) is 2.55. The summed E-state index contributed by atoms with van der Waals surface area (Å²) in [6, 6.07) is 0. The summed E-state index contributed by atoms with van der Waals surface area (Å²) >= 11 is 5.77. The summed E-state index contributed by atoms with van der Waals surface area (Å²) in [6.07, 6.45) is 4.48. The zero-order valence-corrected chi connectivity index (χ0v) is 8.02. The summed E-state index contributed by atoms with van der Waals surface area (Å²) in [5.74, 6) is -0.459. The first-order valence-electron chi connectivity index (χ1n) is 3.80. The lowest BCUT2D eigenvalue weighted by Crippen LogP contribution is -2.05. The maximum Gasteiger partial charge on any atom is 0.356 e. The molecule has 14 heavy (non-hydrogen) atoms. The molecule has 0 aliphatic carbocycles. The fraction of sp³-hybridized carbons (Fsp3) is 0.125.